The first-order valence-electron chi connectivity index (χ1n) is 6.54. The Kier molecular flexibility index (Phi) is 4.59. The van der Waals surface area contributed by atoms with Crippen LogP contribution < -0.4 is 10.6 Å². The summed E-state index contributed by atoms with van der Waals surface area (Å²) in [6, 6.07) is 8.25. The summed E-state index contributed by atoms with van der Waals surface area (Å²) >= 11 is 0. The smallest absolute Gasteiger partial charge is 0.315 e. The summed E-state index contributed by atoms with van der Waals surface area (Å²) < 4.78 is 0. The quantitative estimate of drug-likeness (QED) is 0.711. The van der Waals surface area contributed by atoms with Crippen LogP contribution in [0.3, 0.4) is 0 Å². The zero-order valence-electron chi connectivity index (χ0n) is 10.5. The Hall–Kier alpha value is -1.55. The molecule has 0 saturated heterocycles. The molecule has 2 amide bonds. The van der Waals surface area contributed by atoms with Gasteiger partial charge in [0, 0.05) is 13.2 Å². The number of fused-ring (bicyclic) bond motifs is 1. The van der Waals surface area contributed by atoms with E-state index in [0.29, 0.717) is 13.0 Å². The van der Waals surface area contributed by atoms with Gasteiger partial charge in [0.25, 0.3) is 0 Å². The number of aliphatic hydroxyl groups is 1. The lowest BCUT2D eigenvalue weighted by Gasteiger charge is -2.26. The molecule has 18 heavy (non-hydrogen) atoms. The maximum atomic E-state index is 11.7. The van der Waals surface area contributed by atoms with Crippen LogP contribution >= 0.6 is 0 Å². The molecule has 0 bridgehead atoms. The number of amides is 2. The molecular formula is C14H20N2O2. The van der Waals surface area contributed by atoms with Crippen molar-refractivity contribution in [2.24, 2.45) is 0 Å². The fraction of sp³-hybridized carbons (Fsp3) is 0.500. The lowest BCUT2D eigenvalue weighted by atomic mass is 9.88. The van der Waals surface area contributed by atoms with Gasteiger partial charge in [-0.15, -0.1) is 0 Å². The van der Waals surface area contributed by atoms with Gasteiger partial charge in [0.05, 0.1) is 6.04 Å². The molecule has 0 aromatic heterocycles. The Morgan fingerprint density at radius 1 is 1.39 bits per heavy atom. The van der Waals surface area contributed by atoms with Gasteiger partial charge in [-0.1, -0.05) is 24.3 Å². The Bertz CT molecular complexity index is 407. The Balaban J connectivity index is 1.92. The minimum absolute atomic E-state index is 0.104. The normalized spacial score (nSPS) is 17.9. The van der Waals surface area contributed by atoms with Gasteiger partial charge in [0.15, 0.2) is 0 Å². The molecule has 0 heterocycles. The van der Waals surface area contributed by atoms with E-state index in [-0.39, 0.29) is 18.7 Å². The molecule has 3 N–H and O–H groups in total. The van der Waals surface area contributed by atoms with Crippen molar-refractivity contribution in [1.82, 2.24) is 10.6 Å². The molecule has 1 unspecified atom stereocenters. The third-order valence-corrected chi connectivity index (χ3v) is 3.30. The van der Waals surface area contributed by atoms with Crippen LogP contribution in [-0.2, 0) is 6.42 Å². The first kappa shape index (κ1) is 12.9. The standard InChI is InChI=1S/C14H20N2O2/c17-10-4-9-15-14(18)16-13-8-3-6-11-5-1-2-7-12(11)13/h1-2,5,7,13,17H,3-4,6,8-10H2,(H2,15,16,18). The fourth-order valence-corrected chi connectivity index (χ4v) is 2.39. The highest BCUT2D eigenvalue weighted by atomic mass is 16.3. The number of carbonyl (C=O) groups excluding carboxylic acids is 1. The Labute approximate surface area is 107 Å². The van der Waals surface area contributed by atoms with Gasteiger partial charge in [-0.05, 0) is 36.8 Å². The number of rotatable bonds is 4. The van der Waals surface area contributed by atoms with Gasteiger partial charge in [0.2, 0.25) is 0 Å². The van der Waals surface area contributed by atoms with Crippen LogP contribution in [0, 0.1) is 0 Å². The Morgan fingerprint density at radius 2 is 2.22 bits per heavy atom. The molecule has 98 valence electrons. The van der Waals surface area contributed by atoms with Crippen LogP contribution in [0.25, 0.3) is 0 Å². The van der Waals surface area contributed by atoms with E-state index < -0.39 is 0 Å². The van der Waals surface area contributed by atoms with Crippen LogP contribution in [-0.4, -0.2) is 24.3 Å². The summed E-state index contributed by atoms with van der Waals surface area (Å²) in [5.74, 6) is 0. The lowest BCUT2D eigenvalue weighted by molar-refractivity contribution is 0.233. The summed E-state index contributed by atoms with van der Waals surface area (Å²) in [6.07, 6.45) is 3.79. The molecule has 4 heteroatoms. The van der Waals surface area contributed by atoms with Crippen LogP contribution in [0.15, 0.2) is 24.3 Å². The largest absolute Gasteiger partial charge is 0.396 e. The van der Waals surface area contributed by atoms with Crippen LogP contribution in [0.1, 0.15) is 36.4 Å². The second-order valence-electron chi connectivity index (χ2n) is 4.62. The fourth-order valence-electron chi connectivity index (χ4n) is 2.39. The molecule has 2 rings (SSSR count). The van der Waals surface area contributed by atoms with E-state index in [1.165, 1.54) is 11.1 Å². The molecule has 0 radical (unpaired) electrons. The number of nitrogens with one attached hydrogen (secondary N) is 2. The van der Waals surface area contributed by atoms with Gasteiger partial charge in [0.1, 0.15) is 0 Å². The highest BCUT2D eigenvalue weighted by Gasteiger charge is 2.20. The first-order valence-corrected chi connectivity index (χ1v) is 6.54. The van der Waals surface area contributed by atoms with Crippen molar-refractivity contribution in [2.45, 2.75) is 31.7 Å². The van der Waals surface area contributed by atoms with Crippen molar-refractivity contribution >= 4 is 6.03 Å². The molecule has 0 fully saturated rings. The predicted molar refractivity (Wildman–Crippen MR) is 70.4 cm³/mol. The molecule has 1 aromatic carbocycles. The maximum absolute atomic E-state index is 11.7. The maximum Gasteiger partial charge on any atom is 0.315 e. The molecule has 1 atom stereocenters. The minimum Gasteiger partial charge on any atom is -0.396 e. The topological polar surface area (TPSA) is 61.4 Å². The van der Waals surface area contributed by atoms with E-state index in [9.17, 15) is 4.79 Å². The van der Waals surface area contributed by atoms with Gasteiger partial charge >= 0.3 is 6.03 Å². The van der Waals surface area contributed by atoms with E-state index in [1.54, 1.807) is 0 Å². The molecular weight excluding hydrogens is 228 g/mol. The molecule has 0 saturated carbocycles. The molecule has 1 aliphatic carbocycles. The highest BCUT2D eigenvalue weighted by Crippen LogP contribution is 2.29. The molecule has 0 spiro atoms. The van der Waals surface area contributed by atoms with Crippen molar-refractivity contribution < 1.29 is 9.90 Å². The van der Waals surface area contributed by atoms with E-state index >= 15 is 0 Å². The third-order valence-electron chi connectivity index (χ3n) is 3.30. The van der Waals surface area contributed by atoms with Gasteiger partial charge in [-0.3, -0.25) is 0 Å². The summed E-state index contributed by atoms with van der Waals surface area (Å²) in [7, 11) is 0. The van der Waals surface area contributed by atoms with E-state index in [0.717, 1.165) is 19.3 Å². The third kappa shape index (κ3) is 3.23. The number of carbonyl (C=O) groups is 1. The number of hydrogen-bond donors (Lipinski definition) is 3. The van der Waals surface area contributed by atoms with Gasteiger partial charge in [-0.25, -0.2) is 4.79 Å². The highest BCUT2D eigenvalue weighted by molar-refractivity contribution is 5.74. The van der Waals surface area contributed by atoms with Crippen molar-refractivity contribution in [2.75, 3.05) is 13.2 Å². The van der Waals surface area contributed by atoms with Crippen molar-refractivity contribution in [3.63, 3.8) is 0 Å². The minimum atomic E-state index is -0.148. The molecule has 1 aliphatic rings. The van der Waals surface area contributed by atoms with Gasteiger partial charge in [-0.2, -0.15) is 0 Å². The SMILES string of the molecule is O=C(NCCCO)NC1CCCc2ccccc21. The molecule has 0 aliphatic heterocycles. The summed E-state index contributed by atoms with van der Waals surface area (Å²) in [4.78, 5) is 11.7. The number of hydrogen-bond acceptors (Lipinski definition) is 2. The summed E-state index contributed by atoms with van der Waals surface area (Å²) in [5.41, 5.74) is 2.57. The number of aryl methyl sites for hydroxylation is 1. The first-order chi connectivity index (χ1) is 8.81. The monoisotopic (exact) mass is 248 g/mol. The molecule has 1 aromatic rings. The Morgan fingerprint density at radius 3 is 3.06 bits per heavy atom. The number of benzene rings is 1. The predicted octanol–water partition coefficient (Wildman–Crippen LogP) is 1.75. The van der Waals surface area contributed by atoms with Crippen molar-refractivity contribution in [1.29, 1.82) is 0 Å². The zero-order valence-corrected chi connectivity index (χ0v) is 10.5. The number of aliphatic hydroxyl groups excluding tert-OH is 1. The van der Waals surface area contributed by atoms with Crippen molar-refractivity contribution in [3.8, 4) is 0 Å². The zero-order chi connectivity index (χ0) is 12.8. The number of urea groups is 1. The average molecular weight is 248 g/mol. The molecule has 4 nitrogen and oxygen atoms in total. The van der Waals surface area contributed by atoms with E-state index in [4.69, 9.17) is 5.11 Å². The lowest BCUT2D eigenvalue weighted by Crippen LogP contribution is -2.39. The van der Waals surface area contributed by atoms with E-state index in [2.05, 4.69) is 22.8 Å². The summed E-state index contributed by atoms with van der Waals surface area (Å²) in [6.45, 7) is 0.614. The average Bonchev–Trinajstić information content (AvgIpc) is 2.39. The summed E-state index contributed by atoms with van der Waals surface area (Å²) in [5, 5.41) is 14.4. The second kappa shape index (κ2) is 6.40. The van der Waals surface area contributed by atoms with Crippen LogP contribution in [0.5, 0.6) is 0 Å². The second-order valence-corrected chi connectivity index (χ2v) is 4.62. The van der Waals surface area contributed by atoms with Crippen LogP contribution in [0.4, 0.5) is 4.79 Å². The van der Waals surface area contributed by atoms with Crippen LogP contribution in [0.2, 0.25) is 0 Å². The van der Waals surface area contributed by atoms with Gasteiger partial charge < -0.3 is 15.7 Å². The van der Waals surface area contributed by atoms with E-state index in [1.807, 2.05) is 12.1 Å². The van der Waals surface area contributed by atoms with Crippen molar-refractivity contribution in [3.05, 3.63) is 35.4 Å².